The lowest BCUT2D eigenvalue weighted by molar-refractivity contribution is -0.149. The maximum atomic E-state index is 11.3. The molecule has 29 heavy (non-hydrogen) atoms. The van der Waals surface area contributed by atoms with Gasteiger partial charge < -0.3 is 31.5 Å². The summed E-state index contributed by atoms with van der Waals surface area (Å²) in [5, 5.41) is 39.7. The van der Waals surface area contributed by atoms with Gasteiger partial charge in [-0.15, -0.1) is 0 Å². The zero-order valence-corrected chi connectivity index (χ0v) is 16.0. The molecule has 0 spiro atoms. The smallest absolute Gasteiger partial charge is 0.317 e. The summed E-state index contributed by atoms with van der Waals surface area (Å²) in [6.45, 7) is -2.33. The Morgan fingerprint density at radius 1 is 0.862 bits per heavy atom. The fraction of sp³-hybridized carbons (Fsp3) is 0.688. The van der Waals surface area contributed by atoms with Gasteiger partial charge in [0.2, 0.25) is 0 Å². The quantitative estimate of drug-likeness (QED) is 0.156. The van der Waals surface area contributed by atoms with E-state index in [0.717, 1.165) is 0 Å². The second kappa shape index (κ2) is 11.2. The molecule has 0 aromatic heterocycles. The largest absolute Gasteiger partial charge is 0.480 e. The minimum Gasteiger partial charge on any atom is -0.480 e. The van der Waals surface area contributed by atoms with Gasteiger partial charge in [-0.1, -0.05) is 0 Å². The Bertz CT molecular complexity index is 623. The van der Waals surface area contributed by atoms with Gasteiger partial charge in [-0.25, -0.2) is 0 Å². The van der Waals surface area contributed by atoms with Gasteiger partial charge >= 0.3 is 23.9 Å². The molecular weight excluding hydrogens is 390 g/mol. The number of hydrogen-bond acceptors (Lipinski definition) is 7. The molecule has 13 heteroatoms. The standard InChI is InChI=1S/C16H27N5O8/c1-18-16(17)19-9-2-3-10(20(5-12(22)23)6-13(24)25)11(4-9)21(7-14(26)27)8-15(28)29/h9-11H,2-8H2,1H3,(H,22,23)(H,24,25)(H,26,27)(H,28,29)(H3,17,18,19). The number of aliphatic imine (C=N–C) groups is 1. The molecule has 1 fully saturated rings. The van der Waals surface area contributed by atoms with Crippen molar-refractivity contribution in [1.82, 2.24) is 15.1 Å². The van der Waals surface area contributed by atoms with Gasteiger partial charge in [0.25, 0.3) is 0 Å². The van der Waals surface area contributed by atoms with Crippen molar-refractivity contribution >= 4 is 29.8 Å². The van der Waals surface area contributed by atoms with E-state index < -0.39 is 62.1 Å². The second-order valence-electron chi connectivity index (χ2n) is 6.78. The van der Waals surface area contributed by atoms with E-state index in [1.165, 1.54) is 16.8 Å². The zero-order valence-electron chi connectivity index (χ0n) is 16.0. The fourth-order valence-corrected chi connectivity index (χ4v) is 3.63. The van der Waals surface area contributed by atoms with Crippen LogP contribution in [0.25, 0.3) is 0 Å². The minimum absolute atomic E-state index is 0.156. The van der Waals surface area contributed by atoms with E-state index in [2.05, 4.69) is 10.3 Å². The first-order valence-electron chi connectivity index (χ1n) is 8.87. The van der Waals surface area contributed by atoms with Crippen LogP contribution in [0.15, 0.2) is 4.99 Å². The number of carbonyl (C=O) groups is 4. The predicted octanol–water partition coefficient (Wildman–Crippen LogP) is -2.25. The molecule has 164 valence electrons. The van der Waals surface area contributed by atoms with Crippen LogP contribution in [0.3, 0.4) is 0 Å². The molecule has 1 aliphatic rings. The Kier molecular flexibility index (Phi) is 9.28. The van der Waals surface area contributed by atoms with Crippen molar-refractivity contribution in [2.24, 2.45) is 10.7 Å². The van der Waals surface area contributed by atoms with Crippen LogP contribution in [-0.4, -0.2) is 111 Å². The maximum Gasteiger partial charge on any atom is 0.317 e. The molecule has 0 amide bonds. The molecule has 0 aromatic rings. The number of nitrogens with zero attached hydrogens (tertiary/aromatic N) is 3. The lowest BCUT2D eigenvalue weighted by Gasteiger charge is -2.45. The molecule has 1 saturated carbocycles. The SMILES string of the molecule is CN=C(N)NC1CCC(N(CC(=O)O)CC(=O)O)C(N(CC(=O)O)CC(=O)O)C1. The summed E-state index contributed by atoms with van der Waals surface area (Å²) in [4.78, 5) is 51.3. The first kappa shape index (κ1) is 24.1. The van der Waals surface area contributed by atoms with Crippen LogP contribution in [0, 0.1) is 0 Å². The minimum atomic E-state index is -1.25. The summed E-state index contributed by atoms with van der Waals surface area (Å²) in [5.41, 5.74) is 5.68. The average molecular weight is 417 g/mol. The lowest BCUT2D eigenvalue weighted by atomic mass is 9.84. The highest BCUT2D eigenvalue weighted by molar-refractivity contribution is 5.78. The molecule has 0 aliphatic heterocycles. The summed E-state index contributed by atoms with van der Waals surface area (Å²) < 4.78 is 0. The number of carboxylic acid groups (broad SMARTS) is 4. The van der Waals surface area contributed by atoms with E-state index in [0.29, 0.717) is 12.8 Å². The predicted molar refractivity (Wildman–Crippen MR) is 99.6 cm³/mol. The topological polar surface area (TPSA) is 206 Å². The van der Waals surface area contributed by atoms with Gasteiger partial charge in [0.1, 0.15) is 0 Å². The molecule has 3 unspecified atom stereocenters. The third kappa shape index (κ3) is 8.31. The van der Waals surface area contributed by atoms with Crippen LogP contribution in [0.2, 0.25) is 0 Å². The summed E-state index contributed by atoms with van der Waals surface area (Å²) in [6.07, 6.45) is 1.04. The Morgan fingerprint density at radius 3 is 1.66 bits per heavy atom. The number of nitrogens with one attached hydrogen (secondary N) is 1. The van der Waals surface area contributed by atoms with Crippen LogP contribution in [-0.2, 0) is 19.2 Å². The first-order chi connectivity index (χ1) is 13.5. The van der Waals surface area contributed by atoms with Crippen molar-refractivity contribution in [3.8, 4) is 0 Å². The zero-order chi connectivity index (χ0) is 22.1. The van der Waals surface area contributed by atoms with E-state index in [-0.39, 0.29) is 18.4 Å². The average Bonchev–Trinajstić information content (AvgIpc) is 2.58. The number of hydrogen-bond donors (Lipinski definition) is 6. The third-order valence-electron chi connectivity index (χ3n) is 4.67. The summed E-state index contributed by atoms with van der Waals surface area (Å²) in [6, 6.07) is -1.66. The Labute approximate surface area is 166 Å². The van der Waals surface area contributed by atoms with E-state index in [4.69, 9.17) is 15.9 Å². The highest BCUT2D eigenvalue weighted by Gasteiger charge is 2.40. The number of aliphatic carboxylic acids is 4. The summed E-state index contributed by atoms with van der Waals surface area (Å²) in [5.74, 6) is -4.83. The van der Waals surface area contributed by atoms with Crippen LogP contribution >= 0.6 is 0 Å². The van der Waals surface area contributed by atoms with Gasteiger partial charge in [-0.2, -0.15) is 0 Å². The van der Waals surface area contributed by atoms with Crippen molar-refractivity contribution < 1.29 is 39.6 Å². The Morgan fingerprint density at radius 2 is 1.28 bits per heavy atom. The third-order valence-corrected chi connectivity index (χ3v) is 4.67. The van der Waals surface area contributed by atoms with Crippen molar-refractivity contribution in [2.45, 2.75) is 37.4 Å². The Balaban J connectivity index is 3.23. The van der Waals surface area contributed by atoms with Crippen molar-refractivity contribution in [2.75, 3.05) is 33.2 Å². The molecule has 1 rings (SSSR count). The van der Waals surface area contributed by atoms with Crippen molar-refractivity contribution in [3.05, 3.63) is 0 Å². The molecular formula is C16H27N5O8. The fourth-order valence-electron chi connectivity index (χ4n) is 3.63. The van der Waals surface area contributed by atoms with Crippen LogP contribution in [0.1, 0.15) is 19.3 Å². The number of nitrogens with two attached hydrogens (primary N) is 1. The molecule has 0 heterocycles. The Hall–Kier alpha value is -2.93. The van der Waals surface area contributed by atoms with E-state index >= 15 is 0 Å². The molecule has 1 aliphatic carbocycles. The van der Waals surface area contributed by atoms with Gasteiger partial charge in [0, 0.05) is 25.2 Å². The van der Waals surface area contributed by atoms with Crippen LogP contribution in [0.5, 0.6) is 0 Å². The van der Waals surface area contributed by atoms with E-state index in [1.807, 2.05) is 0 Å². The number of guanidine groups is 1. The monoisotopic (exact) mass is 417 g/mol. The van der Waals surface area contributed by atoms with Gasteiger partial charge in [0.05, 0.1) is 26.2 Å². The van der Waals surface area contributed by atoms with Gasteiger partial charge in [0.15, 0.2) is 5.96 Å². The first-order valence-corrected chi connectivity index (χ1v) is 8.87. The number of carboxylic acids is 4. The molecule has 3 atom stereocenters. The molecule has 13 nitrogen and oxygen atoms in total. The van der Waals surface area contributed by atoms with E-state index in [1.54, 1.807) is 0 Å². The van der Waals surface area contributed by atoms with Crippen molar-refractivity contribution in [3.63, 3.8) is 0 Å². The second-order valence-corrected chi connectivity index (χ2v) is 6.78. The summed E-state index contributed by atoms with van der Waals surface area (Å²) in [7, 11) is 1.48. The molecule has 7 N–H and O–H groups in total. The molecule has 0 bridgehead atoms. The number of rotatable bonds is 11. The van der Waals surface area contributed by atoms with Gasteiger partial charge in [-0.3, -0.25) is 34.0 Å². The highest BCUT2D eigenvalue weighted by Crippen LogP contribution is 2.28. The lowest BCUT2D eigenvalue weighted by Crippen LogP contribution is -2.61. The molecule has 0 radical (unpaired) electrons. The van der Waals surface area contributed by atoms with Gasteiger partial charge in [-0.05, 0) is 19.3 Å². The summed E-state index contributed by atoms with van der Waals surface area (Å²) >= 11 is 0. The van der Waals surface area contributed by atoms with Crippen LogP contribution < -0.4 is 11.1 Å². The van der Waals surface area contributed by atoms with E-state index in [9.17, 15) is 29.4 Å². The highest BCUT2D eigenvalue weighted by atomic mass is 16.4. The van der Waals surface area contributed by atoms with Crippen molar-refractivity contribution in [1.29, 1.82) is 0 Å². The molecule has 0 saturated heterocycles. The molecule has 0 aromatic carbocycles. The maximum absolute atomic E-state index is 11.3. The normalized spacial score (nSPS) is 22.4. The van der Waals surface area contributed by atoms with Crippen LogP contribution in [0.4, 0.5) is 0 Å².